The van der Waals surface area contributed by atoms with E-state index in [1.165, 1.54) is 18.1 Å². The summed E-state index contributed by atoms with van der Waals surface area (Å²) in [7, 11) is 2.91. The fourth-order valence-electron chi connectivity index (χ4n) is 1.56. The minimum atomic E-state index is -0.745. The molecule has 8 heteroatoms. The van der Waals surface area contributed by atoms with Gasteiger partial charge in [0, 0.05) is 7.05 Å². The number of hydrogen-bond donors (Lipinski definition) is 0. The number of nitro benzene ring substituents is 1. The number of ether oxygens (including phenoxy) is 1. The van der Waals surface area contributed by atoms with Gasteiger partial charge in [0.15, 0.2) is 5.82 Å². The van der Waals surface area contributed by atoms with Crippen LogP contribution in [0.1, 0.15) is 0 Å². The first-order valence-electron chi connectivity index (χ1n) is 4.91. The molecule has 0 amide bonds. The lowest BCUT2D eigenvalue weighted by atomic mass is 10.1. The summed E-state index contributed by atoms with van der Waals surface area (Å²) in [5.74, 6) is -0.644. The van der Waals surface area contributed by atoms with E-state index in [-0.39, 0.29) is 17.1 Å². The van der Waals surface area contributed by atoms with Gasteiger partial charge in [0.1, 0.15) is 12.1 Å². The molecule has 2 aromatic rings. The zero-order chi connectivity index (χ0) is 13.3. The Balaban J connectivity index is 2.69. The van der Waals surface area contributed by atoms with Crippen LogP contribution in [0.25, 0.3) is 11.4 Å². The average Bonchev–Trinajstić information content (AvgIpc) is 2.74. The maximum Gasteiger partial charge on any atom is 0.314 e. The van der Waals surface area contributed by atoms with Gasteiger partial charge in [-0.2, -0.15) is 5.10 Å². The third kappa shape index (κ3) is 1.99. The van der Waals surface area contributed by atoms with Crippen LogP contribution in [-0.2, 0) is 7.05 Å². The first kappa shape index (κ1) is 12.0. The molecule has 0 saturated heterocycles. The topological polar surface area (TPSA) is 83.1 Å². The zero-order valence-corrected chi connectivity index (χ0v) is 9.62. The molecule has 0 bridgehead atoms. The van der Waals surface area contributed by atoms with E-state index in [4.69, 9.17) is 4.74 Å². The van der Waals surface area contributed by atoms with Gasteiger partial charge in [0.2, 0.25) is 5.75 Å². The quantitative estimate of drug-likeness (QED) is 0.611. The second-order valence-electron chi connectivity index (χ2n) is 3.50. The molecule has 0 aliphatic carbocycles. The van der Waals surface area contributed by atoms with E-state index in [0.717, 1.165) is 12.1 Å². The van der Waals surface area contributed by atoms with Crippen molar-refractivity contribution in [3.8, 4) is 17.1 Å². The van der Waals surface area contributed by atoms with Gasteiger partial charge >= 0.3 is 5.69 Å². The number of aromatic nitrogens is 3. The summed E-state index contributed by atoms with van der Waals surface area (Å²) in [4.78, 5) is 14.0. The zero-order valence-electron chi connectivity index (χ0n) is 9.62. The maximum absolute atomic E-state index is 13.4. The molecule has 7 nitrogen and oxygen atoms in total. The van der Waals surface area contributed by atoms with Gasteiger partial charge in [-0.1, -0.05) is 0 Å². The normalized spacial score (nSPS) is 10.4. The van der Waals surface area contributed by atoms with Gasteiger partial charge in [-0.05, 0) is 6.07 Å². The third-order valence-corrected chi connectivity index (χ3v) is 2.28. The van der Waals surface area contributed by atoms with Crippen LogP contribution in [0.5, 0.6) is 5.75 Å². The Morgan fingerprint density at radius 2 is 2.22 bits per heavy atom. The SMILES string of the molecule is COc1c(-c2ncn(C)n2)cc(F)cc1[N+](=O)[O-]. The highest BCUT2D eigenvalue weighted by Crippen LogP contribution is 2.37. The molecular weight excluding hydrogens is 243 g/mol. The van der Waals surface area contributed by atoms with E-state index < -0.39 is 16.4 Å². The van der Waals surface area contributed by atoms with Crippen molar-refractivity contribution < 1.29 is 14.1 Å². The lowest BCUT2D eigenvalue weighted by Gasteiger charge is -2.06. The minimum absolute atomic E-state index is 0.0624. The number of methoxy groups -OCH3 is 1. The molecule has 1 heterocycles. The first-order valence-corrected chi connectivity index (χ1v) is 4.91. The van der Waals surface area contributed by atoms with Crippen molar-refractivity contribution in [3.63, 3.8) is 0 Å². The van der Waals surface area contributed by atoms with Crippen LogP contribution >= 0.6 is 0 Å². The summed E-state index contributed by atoms with van der Waals surface area (Å²) in [5.41, 5.74) is -0.315. The van der Waals surface area contributed by atoms with Gasteiger partial charge in [-0.15, -0.1) is 0 Å². The van der Waals surface area contributed by atoms with Gasteiger partial charge in [0.05, 0.1) is 23.7 Å². The summed E-state index contributed by atoms with van der Waals surface area (Å²) >= 11 is 0. The smallest absolute Gasteiger partial charge is 0.314 e. The Labute approximate surface area is 101 Å². The Kier molecular flexibility index (Phi) is 2.92. The van der Waals surface area contributed by atoms with Gasteiger partial charge in [0.25, 0.3) is 0 Å². The molecule has 0 spiro atoms. The van der Waals surface area contributed by atoms with Crippen LogP contribution < -0.4 is 4.74 Å². The predicted octanol–water partition coefficient (Wildman–Crippen LogP) is 1.54. The second kappa shape index (κ2) is 4.40. The van der Waals surface area contributed by atoms with Crippen LogP contribution in [-0.4, -0.2) is 26.8 Å². The molecule has 2 rings (SSSR count). The minimum Gasteiger partial charge on any atom is -0.490 e. The van der Waals surface area contributed by atoms with E-state index in [9.17, 15) is 14.5 Å². The van der Waals surface area contributed by atoms with Crippen molar-refractivity contribution >= 4 is 5.69 Å². The van der Waals surface area contributed by atoms with Gasteiger partial charge in [-0.3, -0.25) is 14.8 Å². The molecular formula is C10H9FN4O3. The van der Waals surface area contributed by atoms with Crippen LogP contribution in [0.4, 0.5) is 10.1 Å². The third-order valence-electron chi connectivity index (χ3n) is 2.28. The highest BCUT2D eigenvalue weighted by atomic mass is 19.1. The molecule has 1 aromatic heterocycles. The standard InChI is InChI=1S/C10H9FN4O3/c1-14-5-12-10(13-14)7-3-6(11)4-8(15(16)17)9(7)18-2/h3-5H,1-2H3. The molecule has 0 atom stereocenters. The molecule has 1 aromatic carbocycles. The number of rotatable bonds is 3. The van der Waals surface area contributed by atoms with E-state index in [1.54, 1.807) is 7.05 Å². The summed E-state index contributed by atoms with van der Waals surface area (Å²) in [5, 5.41) is 14.8. The number of halogens is 1. The van der Waals surface area contributed by atoms with E-state index in [0.29, 0.717) is 0 Å². The van der Waals surface area contributed by atoms with Crippen molar-refractivity contribution in [3.05, 3.63) is 34.4 Å². The Hall–Kier alpha value is -2.51. The summed E-state index contributed by atoms with van der Waals surface area (Å²) in [6, 6.07) is 1.90. The number of aryl methyl sites for hydroxylation is 1. The predicted molar refractivity (Wildman–Crippen MR) is 59.6 cm³/mol. The molecule has 0 radical (unpaired) electrons. The Morgan fingerprint density at radius 1 is 1.50 bits per heavy atom. The van der Waals surface area contributed by atoms with Crippen LogP contribution in [0.15, 0.2) is 18.5 Å². The van der Waals surface area contributed by atoms with E-state index >= 15 is 0 Å². The number of hydrogen-bond acceptors (Lipinski definition) is 5. The number of nitrogens with zero attached hydrogens (tertiary/aromatic N) is 4. The lowest BCUT2D eigenvalue weighted by Crippen LogP contribution is -1.98. The molecule has 18 heavy (non-hydrogen) atoms. The molecule has 0 saturated carbocycles. The molecule has 0 fully saturated rings. The van der Waals surface area contributed by atoms with E-state index in [2.05, 4.69) is 10.1 Å². The summed E-state index contributed by atoms with van der Waals surface area (Å²) < 4.78 is 19.7. The Bertz CT molecular complexity index is 611. The van der Waals surface area contributed by atoms with Crippen molar-refractivity contribution in [2.75, 3.05) is 7.11 Å². The van der Waals surface area contributed by atoms with Crippen molar-refractivity contribution in [2.45, 2.75) is 0 Å². The lowest BCUT2D eigenvalue weighted by molar-refractivity contribution is -0.385. The second-order valence-corrected chi connectivity index (χ2v) is 3.50. The fraction of sp³-hybridized carbons (Fsp3) is 0.200. The van der Waals surface area contributed by atoms with Crippen LogP contribution in [0.3, 0.4) is 0 Å². The first-order chi connectivity index (χ1) is 8.52. The molecule has 0 unspecified atom stereocenters. The van der Waals surface area contributed by atoms with Crippen LogP contribution in [0.2, 0.25) is 0 Å². The highest BCUT2D eigenvalue weighted by Gasteiger charge is 2.23. The maximum atomic E-state index is 13.4. The largest absolute Gasteiger partial charge is 0.490 e. The molecule has 0 N–H and O–H groups in total. The van der Waals surface area contributed by atoms with Crippen molar-refractivity contribution in [1.29, 1.82) is 0 Å². The van der Waals surface area contributed by atoms with Crippen LogP contribution in [0, 0.1) is 15.9 Å². The van der Waals surface area contributed by atoms with Gasteiger partial charge < -0.3 is 4.74 Å². The summed E-state index contributed by atoms with van der Waals surface area (Å²) in [6.07, 6.45) is 1.41. The fourth-order valence-corrected chi connectivity index (χ4v) is 1.56. The Morgan fingerprint density at radius 3 is 2.72 bits per heavy atom. The van der Waals surface area contributed by atoms with Crippen molar-refractivity contribution in [1.82, 2.24) is 14.8 Å². The van der Waals surface area contributed by atoms with Crippen molar-refractivity contribution in [2.24, 2.45) is 7.05 Å². The molecule has 0 aliphatic heterocycles. The average molecular weight is 252 g/mol. The monoisotopic (exact) mass is 252 g/mol. The van der Waals surface area contributed by atoms with Gasteiger partial charge in [-0.25, -0.2) is 9.37 Å². The molecule has 0 aliphatic rings. The molecule has 94 valence electrons. The number of nitro groups is 1. The van der Waals surface area contributed by atoms with E-state index in [1.807, 2.05) is 0 Å². The summed E-state index contributed by atoms with van der Waals surface area (Å²) in [6.45, 7) is 0. The highest BCUT2D eigenvalue weighted by molar-refractivity contribution is 5.70. The number of benzene rings is 1.